The highest BCUT2D eigenvalue weighted by Crippen LogP contribution is 2.36. The summed E-state index contributed by atoms with van der Waals surface area (Å²) in [6.45, 7) is 4.37. The molecule has 0 saturated heterocycles. The van der Waals surface area contributed by atoms with Crippen LogP contribution in [0.5, 0.6) is 0 Å². The zero-order valence-electron chi connectivity index (χ0n) is 12.9. The summed E-state index contributed by atoms with van der Waals surface area (Å²) in [5, 5.41) is 0. The van der Waals surface area contributed by atoms with Crippen LogP contribution in [-0.4, -0.2) is 0 Å². The molecule has 0 aromatic heterocycles. The van der Waals surface area contributed by atoms with Crippen LogP contribution in [-0.2, 0) is 0 Å². The van der Waals surface area contributed by atoms with Crippen molar-refractivity contribution in [1.29, 1.82) is 0 Å². The van der Waals surface area contributed by atoms with Crippen LogP contribution in [0.25, 0.3) is 11.1 Å². The van der Waals surface area contributed by atoms with E-state index in [1.807, 2.05) is 37.3 Å². The first kappa shape index (κ1) is 14.3. The molecule has 0 N–H and O–H groups in total. The number of halogens is 1. The van der Waals surface area contributed by atoms with E-state index in [0.717, 1.165) is 11.5 Å². The minimum absolute atomic E-state index is 0. The Bertz CT molecular complexity index is 610. The van der Waals surface area contributed by atoms with Gasteiger partial charge in [0, 0.05) is 6.99 Å². The molecule has 0 bridgehead atoms. The van der Waals surface area contributed by atoms with Gasteiger partial charge in [-0.25, -0.2) is 4.39 Å². The van der Waals surface area contributed by atoms with E-state index in [4.69, 9.17) is 0 Å². The fourth-order valence-corrected chi connectivity index (χ4v) is 3.35. The largest absolute Gasteiger partial charge is 0.206 e. The fraction of sp³-hybridized carbons (Fsp3) is 0.400. The number of hydrogen-bond acceptors (Lipinski definition) is 0. The van der Waals surface area contributed by atoms with E-state index in [1.165, 1.54) is 36.8 Å². The molecule has 112 valence electrons. The Kier molecular flexibility index (Phi) is 4.10. The molecule has 0 spiro atoms. The number of benzene rings is 2. The highest BCUT2D eigenvalue weighted by Gasteiger charge is 2.20. The van der Waals surface area contributed by atoms with Gasteiger partial charge in [-0.2, -0.15) is 0 Å². The summed E-state index contributed by atoms with van der Waals surface area (Å²) in [5.74, 6) is 1.29. The Morgan fingerprint density at radius 1 is 0.952 bits per heavy atom. The Labute approximate surface area is 128 Å². The molecule has 21 heavy (non-hydrogen) atoms. The molecule has 0 nitrogen and oxygen atoms in total. The molecule has 0 radical (unpaired) electrons. The van der Waals surface area contributed by atoms with Gasteiger partial charge in [0.15, 0.2) is 0 Å². The van der Waals surface area contributed by atoms with Gasteiger partial charge in [-0.3, -0.25) is 0 Å². The molecule has 1 fully saturated rings. The zero-order valence-corrected chi connectivity index (χ0v) is 12.9. The standard InChI is InChI=1S/C20H23F.H2/c1-14-3-7-16(8-4-14)18-11-12-19(20(21)13-18)17-9-5-15(2)6-10-17;/h5-6,9-14,16H,3-4,7-8H2,1-2H3;1H. The molecule has 0 amide bonds. The maximum atomic E-state index is 14.5. The first-order valence-corrected chi connectivity index (χ1v) is 8.00. The monoisotopic (exact) mass is 284 g/mol. The highest BCUT2D eigenvalue weighted by molar-refractivity contribution is 5.64. The Hall–Kier alpha value is -1.63. The van der Waals surface area contributed by atoms with Crippen LogP contribution < -0.4 is 0 Å². The number of hydrogen-bond donors (Lipinski definition) is 0. The van der Waals surface area contributed by atoms with Gasteiger partial charge in [-0.05, 0) is 48.8 Å². The van der Waals surface area contributed by atoms with Gasteiger partial charge in [0.2, 0.25) is 0 Å². The molecule has 2 aromatic rings. The van der Waals surface area contributed by atoms with Crippen molar-refractivity contribution in [1.82, 2.24) is 0 Å². The molecular formula is C20H25F. The number of rotatable bonds is 2. The smallest absolute Gasteiger partial charge is 0.131 e. The summed E-state index contributed by atoms with van der Waals surface area (Å²) in [7, 11) is 0. The molecule has 2 aromatic carbocycles. The predicted molar refractivity (Wildman–Crippen MR) is 89.1 cm³/mol. The van der Waals surface area contributed by atoms with Crippen LogP contribution in [0.2, 0.25) is 0 Å². The lowest BCUT2D eigenvalue weighted by molar-refractivity contribution is 0.347. The third kappa shape index (κ3) is 3.18. The lowest BCUT2D eigenvalue weighted by atomic mass is 9.79. The second-order valence-corrected chi connectivity index (χ2v) is 6.56. The van der Waals surface area contributed by atoms with Crippen LogP contribution in [0, 0.1) is 18.7 Å². The molecule has 0 unspecified atom stereocenters. The van der Waals surface area contributed by atoms with Crippen molar-refractivity contribution >= 4 is 0 Å². The summed E-state index contributed by atoms with van der Waals surface area (Å²) in [6, 6.07) is 13.9. The van der Waals surface area contributed by atoms with E-state index < -0.39 is 0 Å². The van der Waals surface area contributed by atoms with Crippen molar-refractivity contribution in [2.75, 3.05) is 0 Å². The van der Waals surface area contributed by atoms with Gasteiger partial charge in [0.25, 0.3) is 0 Å². The first-order chi connectivity index (χ1) is 10.1. The number of aryl methyl sites for hydroxylation is 1. The van der Waals surface area contributed by atoms with Gasteiger partial charge in [0.05, 0.1) is 0 Å². The summed E-state index contributed by atoms with van der Waals surface area (Å²) >= 11 is 0. The SMILES string of the molecule is Cc1ccc(-c2ccc(C3CCC(C)CC3)cc2F)cc1.[HH]. The molecule has 1 heteroatoms. The molecule has 1 aliphatic rings. The normalized spacial score (nSPS) is 22.2. The van der Waals surface area contributed by atoms with Crippen LogP contribution in [0.3, 0.4) is 0 Å². The summed E-state index contributed by atoms with van der Waals surface area (Å²) < 4.78 is 14.5. The van der Waals surface area contributed by atoms with Crippen molar-refractivity contribution in [3.63, 3.8) is 0 Å². The van der Waals surface area contributed by atoms with Gasteiger partial charge in [-0.15, -0.1) is 0 Å². The van der Waals surface area contributed by atoms with E-state index in [-0.39, 0.29) is 7.24 Å². The average molecular weight is 284 g/mol. The molecular weight excluding hydrogens is 259 g/mol. The van der Waals surface area contributed by atoms with E-state index in [9.17, 15) is 4.39 Å². The molecule has 3 rings (SSSR count). The van der Waals surface area contributed by atoms with E-state index >= 15 is 0 Å². The van der Waals surface area contributed by atoms with Crippen molar-refractivity contribution in [2.24, 2.45) is 5.92 Å². The van der Waals surface area contributed by atoms with Crippen LogP contribution in [0.4, 0.5) is 4.39 Å². The molecule has 0 atom stereocenters. The van der Waals surface area contributed by atoms with E-state index in [2.05, 4.69) is 13.0 Å². The van der Waals surface area contributed by atoms with E-state index in [1.54, 1.807) is 6.07 Å². The summed E-state index contributed by atoms with van der Waals surface area (Å²) in [5.41, 5.74) is 4.05. The van der Waals surface area contributed by atoms with Crippen molar-refractivity contribution in [2.45, 2.75) is 45.4 Å². The minimum atomic E-state index is -0.0880. The first-order valence-electron chi connectivity index (χ1n) is 8.00. The third-order valence-electron chi connectivity index (χ3n) is 4.84. The quantitative estimate of drug-likeness (QED) is 0.603. The Morgan fingerprint density at radius 3 is 2.24 bits per heavy atom. The van der Waals surface area contributed by atoms with Crippen molar-refractivity contribution < 1.29 is 5.82 Å². The Morgan fingerprint density at radius 2 is 1.62 bits per heavy atom. The van der Waals surface area contributed by atoms with Gasteiger partial charge >= 0.3 is 0 Å². The Balaban J connectivity index is 0.00000176. The highest BCUT2D eigenvalue weighted by atomic mass is 19.1. The van der Waals surface area contributed by atoms with Gasteiger partial charge in [0.1, 0.15) is 5.82 Å². The lowest BCUT2D eigenvalue weighted by Crippen LogP contribution is -2.11. The third-order valence-corrected chi connectivity index (χ3v) is 4.84. The molecule has 1 saturated carbocycles. The summed E-state index contributed by atoms with van der Waals surface area (Å²) in [6.07, 6.45) is 4.94. The fourth-order valence-electron chi connectivity index (χ4n) is 3.35. The molecule has 0 heterocycles. The van der Waals surface area contributed by atoms with Crippen LogP contribution in [0.1, 0.15) is 51.1 Å². The molecule has 1 aliphatic carbocycles. The average Bonchev–Trinajstić information content (AvgIpc) is 2.49. The minimum Gasteiger partial charge on any atom is -0.206 e. The topological polar surface area (TPSA) is 0 Å². The van der Waals surface area contributed by atoms with Crippen molar-refractivity contribution in [3.05, 3.63) is 59.4 Å². The van der Waals surface area contributed by atoms with Crippen LogP contribution in [0.15, 0.2) is 42.5 Å². The maximum Gasteiger partial charge on any atom is 0.131 e. The van der Waals surface area contributed by atoms with Crippen molar-refractivity contribution in [3.8, 4) is 11.1 Å². The zero-order chi connectivity index (χ0) is 14.8. The maximum absolute atomic E-state index is 14.5. The second kappa shape index (κ2) is 6.01. The van der Waals surface area contributed by atoms with Gasteiger partial charge in [-0.1, -0.05) is 61.7 Å². The summed E-state index contributed by atoms with van der Waals surface area (Å²) in [4.78, 5) is 0. The van der Waals surface area contributed by atoms with Crippen LogP contribution >= 0.6 is 0 Å². The lowest BCUT2D eigenvalue weighted by Gasteiger charge is -2.26. The molecule has 0 aliphatic heterocycles. The predicted octanol–water partition coefficient (Wildman–Crippen LogP) is 6.34. The van der Waals surface area contributed by atoms with Gasteiger partial charge < -0.3 is 0 Å². The van der Waals surface area contributed by atoms with E-state index in [0.29, 0.717) is 11.5 Å². The second-order valence-electron chi connectivity index (χ2n) is 6.56.